The van der Waals surface area contributed by atoms with E-state index in [4.69, 9.17) is 21.1 Å². The third kappa shape index (κ3) is 9.49. The first-order chi connectivity index (χ1) is 15.5. The number of nitrogens with one attached hydrogen (secondary N) is 2. The highest BCUT2D eigenvalue weighted by Gasteiger charge is 2.32. The van der Waals surface area contributed by atoms with Crippen LogP contribution >= 0.6 is 11.6 Å². The summed E-state index contributed by atoms with van der Waals surface area (Å²) >= 11 is 5.55. The van der Waals surface area contributed by atoms with Crippen LogP contribution in [0.15, 0.2) is 36.5 Å². The Kier molecular flexibility index (Phi) is 9.67. The minimum absolute atomic E-state index is 0.0714. The molecule has 0 spiro atoms. The van der Waals surface area contributed by atoms with Crippen molar-refractivity contribution in [2.24, 2.45) is 0 Å². The number of rotatable bonds is 11. The van der Waals surface area contributed by atoms with E-state index in [1.165, 1.54) is 18.2 Å². The lowest BCUT2D eigenvalue weighted by Crippen LogP contribution is -2.37. The number of amides is 2. The highest BCUT2D eigenvalue weighted by Crippen LogP contribution is 2.29. The van der Waals surface area contributed by atoms with Gasteiger partial charge in [-0.3, -0.25) is 14.6 Å². The van der Waals surface area contributed by atoms with Crippen LogP contribution in [0.1, 0.15) is 12.1 Å². The number of carbonyl (C=O) groups excluding carboxylic acids is 2. The molecule has 1 heterocycles. The van der Waals surface area contributed by atoms with Crippen LogP contribution < -0.4 is 20.1 Å². The molecule has 180 valence electrons. The summed E-state index contributed by atoms with van der Waals surface area (Å²) in [6.45, 7) is -1.03. The normalized spacial score (nSPS) is 12.1. The largest absolute Gasteiger partial charge is 0.484 e. The van der Waals surface area contributed by atoms with Gasteiger partial charge in [0, 0.05) is 31.4 Å². The van der Waals surface area contributed by atoms with E-state index in [1.807, 2.05) is 0 Å². The van der Waals surface area contributed by atoms with Crippen molar-refractivity contribution in [3.8, 4) is 11.5 Å². The zero-order valence-corrected chi connectivity index (χ0v) is 17.8. The average Bonchev–Trinajstić information content (AvgIpc) is 2.76. The number of aliphatic hydroxyl groups is 1. The first-order valence-corrected chi connectivity index (χ1v) is 9.87. The van der Waals surface area contributed by atoms with Crippen molar-refractivity contribution in [2.75, 3.05) is 26.3 Å². The quantitative estimate of drug-likeness (QED) is 0.415. The van der Waals surface area contributed by atoms with Gasteiger partial charge in [-0.15, -0.1) is 0 Å². The highest BCUT2D eigenvalue weighted by atomic mass is 35.5. The fourth-order valence-corrected chi connectivity index (χ4v) is 2.45. The Morgan fingerprint density at radius 2 is 1.70 bits per heavy atom. The molecule has 0 aliphatic rings. The molecule has 0 radical (unpaired) electrons. The molecule has 0 aliphatic carbocycles. The third-order valence-electron chi connectivity index (χ3n) is 3.99. The molecule has 2 rings (SSSR count). The van der Waals surface area contributed by atoms with Gasteiger partial charge in [0.25, 0.3) is 11.8 Å². The Labute approximate surface area is 190 Å². The molecule has 0 unspecified atom stereocenters. The number of halogens is 5. The zero-order valence-electron chi connectivity index (χ0n) is 17.0. The fourth-order valence-electron chi connectivity index (χ4n) is 2.33. The van der Waals surface area contributed by atoms with Crippen molar-refractivity contribution in [3.05, 3.63) is 53.1 Å². The van der Waals surface area contributed by atoms with Gasteiger partial charge in [-0.25, -0.2) is 4.39 Å². The Hall–Kier alpha value is -3.12. The summed E-state index contributed by atoms with van der Waals surface area (Å²) in [6, 6.07) is 5.57. The summed E-state index contributed by atoms with van der Waals surface area (Å²) < 4.78 is 61.2. The SMILES string of the molecule is O=C(COc1ccc(Cl)c(F)c1)NCC[C@@H](O)CNC(=O)COc1ccnc(C(F)(F)F)c1. The highest BCUT2D eigenvalue weighted by molar-refractivity contribution is 6.30. The van der Waals surface area contributed by atoms with Crippen LogP contribution in [-0.2, 0) is 15.8 Å². The number of aliphatic hydroxyl groups excluding tert-OH is 1. The van der Waals surface area contributed by atoms with Gasteiger partial charge in [0.2, 0.25) is 0 Å². The Bertz CT molecular complexity index is 962. The van der Waals surface area contributed by atoms with Gasteiger partial charge in [-0.1, -0.05) is 11.6 Å². The maximum atomic E-state index is 13.3. The van der Waals surface area contributed by atoms with E-state index < -0.39 is 42.2 Å². The Morgan fingerprint density at radius 3 is 2.33 bits per heavy atom. The van der Waals surface area contributed by atoms with E-state index in [0.29, 0.717) is 6.07 Å². The Morgan fingerprint density at radius 1 is 1.06 bits per heavy atom. The zero-order chi connectivity index (χ0) is 24.4. The van der Waals surface area contributed by atoms with Crippen molar-refractivity contribution in [2.45, 2.75) is 18.7 Å². The first kappa shape index (κ1) is 26.1. The van der Waals surface area contributed by atoms with Gasteiger partial charge in [-0.2, -0.15) is 13.2 Å². The number of aromatic nitrogens is 1. The molecule has 8 nitrogen and oxygen atoms in total. The molecule has 0 aliphatic heterocycles. The summed E-state index contributed by atoms with van der Waals surface area (Å²) in [5, 5.41) is 14.6. The summed E-state index contributed by atoms with van der Waals surface area (Å²) in [5.74, 6) is -1.91. The second kappa shape index (κ2) is 12.2. The number of carbonyl (C=O) groups is 2. The molecule has 1 aromatic heterocycles. The standard InChI is InChI=1S/C20H20ClF4N3O5/c21-15-2-1-13(7-16(15)22)32-10-18(30)27-5-3-12(29)9-28-19(31)11-33-14-4-6-26-17(8-14)20(23,24)25/h1-2,4,6-8,12,29H,3,5,9-11H2,(H,27,30)(H,28,31)/t12-/m1/s1. The van der Waals surface area contributed by atoms with Gasteiger partial charge in [0.15, 0.2) is 13.2 Å². The molecule has 1 aromatic carbocycles. The lowest BCUT2D eigenvalue weighted by atomic mass is 10.2. The molecule has 13 heteroatoms. The van der Waals surface area contributed by atoms with Crippen LogP contribution in [0.3, 0.4) is 0 Å². The predicted molar refractivity (Wildman–Crippen MR) is 108 cm³/mol. The Balaban J connectivity index is 1.60. The second-order valence-corrected chi connectivity index (χ2v) is 7.03. The van der Waals surface area contributed by atoms with Crippen molar-refractivity contribution in [1.82, 2.24) is 15.6 Å². The van der Waals surface area contributed by atoms with E-state index in [1.54, 1.807) is 0 Å². The number of alkyl halides is 3. The average molecular weight is 494 g/mol. The van der Waals surface area contributed by atoms with Gasteiger partial charge >= 0.3 is 6.18 Å². The first-order valence-electron chi connectivity index (χ1n) is 9.50. The summed E-state index contributed by atoms with van der Waals surface area (Å²) in [5.41, 5.74) is -1.15. The maximum absolute atomic E-state index is 13.3. The number of nitrogens with zero attached hydrogens (tertiary/aromatic N) is 1. The molecule has 0 saturated heterocycles. The molecular formula is C20H20ClF4N3O5. The molecule has 2 amide bonds. The smallest absolute Gasteiger partial charge is 0.433 e. The van der Waals surface area contributed by atoms with Gasteiger partial charge in [-0.05, 0) is 24.6 Å². The molecule has 0 saturated carbocycles. The third-order valence-corrected chi connectivity index (χ3v) is 4.29. The van der Waals surface area contributed by atoms with Crippen molar-refractivity contribution < 1.29 is 41.7 Å². The molecule has 2 aromatic rings. The van der Waals surface area contributed by atoms with Crippen molar-refractivity contribution in [3.63, 3.8) is 0 Å². The maximum Gasteiger partial charge on any atom is 0.433 e. The molecule has 33 heavy (non-hydrogen) atoms. The van der Waals surface area contributed by atoms with Gasteiger partial charge in [0.1, 0.15) is 23.0 Å². The van der Waals surface area contributed by atoms with E-state index in [-0.39, 0.29) is 42.6 Å². The monoisotopic (exact) mass is 493 g/mol. The number of pyridine rings is 1. The summed E-state index contributed by atoms with van der Waals surface area (Å²) in [4.78, 5) is 26.6. The number of hydrogen-bond donors (Lipinski definition) is 3. The van der Waals surface area contributed by atoms with E-state index >= 15 is 0 Å². The minimum atomic E-state index is -4.64. The van der Waals surface area contributed by atoms with Gasteiger partial charge in [0.05, 0.1) is 11.1 Å². The van der Waals surface area contributed by atoms with E-state index in [9.17, 15) is 32.3 Å². The van der Waals surface area contributed by atoms with Crippen molar-refractivity contribution in [1.29, 1.82) is 0 Å². The summed E-state index contributed by atoms with van der Waals surface area (Å²) in [6.07, 6.45) is -4.63. The topological polar surface area (TPSA) is 110 Å². The van der Waals surface area contributed by atoms with Crippen LogP contribution in [0.4, 0.5) is 17.6 Å². The predicted octanol–water partition coefficient (Wildman–Crippen LogP) is 2.33. The molecule has 1 atom stereocenters. The van der Waals surface area contributed by atoms with E-state index in [2.05, 4.69) is 15.6 Å². The number of hydrogen-bond acceptors (Lipinski definition) is 6. The van der Waals surface area contributed by atoms with Crippen LogP contribution in [0.5, 0.6) is 11.5 Å². The molecule has 0 fully saturated rings. The lowest BCUT2D eigenvalue weighted by Gasteiger charge is -2.13. The van der Waals surface area contributed by atoms with Gasteiger partial charge < -0.3 is 25.2 Å². The molecule has 0 bridgehead atoms. The molecule has 3 N–H and O–H groups in total. The molecular weight excluding hydrogens is 474 g/mol. The van der Waals surface area contributed by atoms with Crippen LogP contribution in [-0.4, -0.2) is 54.3 Å². The lowest BCUT2D eigenvalue weighted by molar-refractivity contribution is -0.141. The van der Waals surface area contributed by atoms with Crippen LogP contribution in [0, 0.1) is 5.82 Å². The van der Waals surface area contributed by atoms with Crippen LogP contribution in [0.25, 0.3) is 0 Å². The number of benzene rings is 1. The van der Waals surface area contributed by atoms with E-state index in [0.717, 1.165) is 12.3 Å². The minimum Gasteiger partial charge on any atom is -0.484 e. The van der Waals surface area contributed by atoms with Crippen LogP contribution in [0.2, 0.25) is 5.02 Å². The van der Waals surface area contributed by atoms with Crippen molar-refractivity contribution >= 4 is 23.4 Å². The summed E-state index contributed by atoms with van der Waals surface area (Å²) in [7, 11) is 0. The second-order valence-electron chi connectivity index (χ2n) is 6.62. The fraction of sp³-hybridized carbons (Fsp3) is 0.350. The number of ether oxygens (including phenoxy) is 2.